The lowest BCUT2D eigenvalue weighted by molar-refractivity contribution is -0.144. The van der Waals surface area contributed by atoms with Crippen molar-refractivity contribution < 1.29 is 14.7 Å². The first-order valence-electron chi connectivity index (χ1n) is 6.26. The van der Waals surface area contributed by atoms with Gasteiger partial charge in [-0.2, -0.15) is 0 Å². The van der Waals surface area contributed by atoms with Crippen molar-refractivity contribution in [1.82, 2.24) is 10.6 Å². The Balaban J connectivity index is 2.42. The van der Waals surface area contributed by atoms with E-state index < -0.39 is 11.9 Å². The van der Waals surface area contributed by atoms with Gasteiger partial charge in [0.05, 0.1) is 12.5 Å². The lowest BCUT2D eigenvalue weighted by Crippen LogP contribution is -2.48. The van der Waals surface area contributed by atoms with E-state index in [0.29, 0.717) is 6.42 Å². The Bertz CT molecular complexity index is 279. The van der Waals surface area contributed by atoms with Crippen LogP contribution in [0.25, 0.3) is 0 Å². The van der Waals surface area contributed by atoms with Crippen LogP contribution >= 0.6 is 0 Å². The van der Waals surface area contributed by atoms with Gasteiger partial charge >= 0.3 is 5.97 Å². The van der Waals surface area contributed by atoms with Gasteiger partial charge in [-0.25, -0.2) is 0 Å². The van der Waals surface area contributed by atoms with Crippen molar-refractivity contribution in [3.8, 4) is 0 Å². The van der Waals surface area contributed by atoms with Gasteiger partial charge in [0.1, 0.15) is 0 Å². The standard InChI is InChI=1S/C12H22N2O3/c1-8(2)13-7-11(15)14-10-6-4-3-5-9(10)12(16)17/h8-10,13H,3-7H2,1-2H3,(H,14,15)(H,16,17). The van der Waals surface area contributed by atoms with Crippen LogP contribution in [-0.4, -0.2) is 35.6 Å². The maximum atomic E-state index is 11.6. The number of amides is 1. The van der Waals surface area contributed by atoms with Crippen LogP contribution < -0.4 is 10.6 Å². The summed E-state index contributed by atoms with van der Waals surface area (Å²) < 4.78 is 0. The van der Waals surface area contributed by atoms with Gasteiger partial charge in [0.2, 0.25) is 5.91 Å². The number of hydrogen-bond donors (Lipinski definition) is 3. The van der Waals surface area contributed by atoms with Crippen LogP contribution in [0.3, 0.4) is 0 Å². The second-order valence-corrected chi connectivity index (χ2v) is 4.94. The van der Waals surface area contributed by atoms with Gasteiger partial charge < -0.3 is 15.7 Å². The molecule has 0 heterocycles. The third-order valence-electron chi connectivity index (χ3n) is 3.10. The lowest BCUT2D eigenvalue weighted by Gasteiger charge is -2.29. The first-order chi connectivity index (χ1) is 8.00. The first kappa shape index (κ1) is 14.0. The molecule has 1 fully saturated rings. The molecule has 1 aliphatic rings. The van der Waals surface area contributed by atoms with E-state index in [2.05, 4.69) is 10.6 Å². The van der Waals surface area contributed by atoms with Gasteiger partial charge in [-0.05, 0) is 12.8 Å². The molecule has 2 unspecified atom stereocenters. The molecule has 5 heteroatoms. The van der Waals surface area contributed by atoms with Crippen molar-refractivity contribution >= 4 is 11.9 Å². The number of carboxylic acids is 1. The van der Waals surface area contributed by atoms with E-state index >= 15 is 0 Å². The zero-order valence-corrected chi connectivity index (χ0v) is 10.5. The molecule has 2 atom stereocenters. The molecular weight excluding hydrogens is 220 g/mol. The summed E-state index contributed by atoms with van der Waals surface area (Å²) in [5, 5.41) is 14.9. The van der Waals surface area contributed by atoms with Gasteiger partial charge in [-0.1, -0.05) is 26.7 Å². The molecule has 0 saturated heterocycles. The van der Waals surface area contributed by atoms with Gasteiger partial charge in [0.15, 0.2) is 0 Å². The molecule has 1 aliphatic carbocycles. The summed E-state index contributed by atoms with van der Waals surface area (Å²) >= 11 is 0. The summed E-state index contributed by atoms with van der Waals surface area (Å²) in [6.45, 7) is 4.18. The number of carboxylic acid groups (broad SMARTS) is 1. The van der Waals surface area contributed by atoms with Crippen LogP contribution in [0.1, 0.15) is 39.5 Å². The van der Waals surface area contributed by atoms with Gasteiger partial charge in [-0.3, -0.25) is 9.59 Å². The Hall–Kier alpha value is -1.10. The molecular formula is C12H22N2O3. The third kappa shape index (κ3) is 4.73. The third-order valence-corrected chi connectivity index (χ3v) is 3.10. The average Bonchev–Trinajstić information content (AvgIpc) is 2.27. The fourth-order valence-electron chi connectivity index (χ4n) is 2.15. The minimum absolute atomic E-state index is 0.114. The summed E-state index contributed by atoms with van der Waals surface area (Å²) in [7, 11) is 0. The maximum absolute atomic E-state index is 11.6. The van der Waals surface area contributed by atoms with Crippen molar-refractivity contribution in [3.05, 3.63) is 0 Å². The second-order valence-electron chi connectivity index (χ2n) is 4.94. The largest absolute Gasteiger partial charge is 0.481 e. The smallest absolute Gasteiger partial charge is 0.308 e. The highest BCUT2D eigenvalue weighted by Crippen LogP contribution is 2.24. The minimum atomic E-state index is -0.799. The molecule has 1 saturated carbocycles. The van der Waals surface area contributed by atoms with Gasteiger partial charge in [0, 0.05) is 12.1 Å². The van der Waals surface area contributed by atoms with Gasteiger partial charge in [-0.15, -0.1) is 0 Å². The van der Waals surface area contributed by atoms with Gasteiger partial charge in [0.25, 0.3) is 0 Å². The van der Waals surface area contributed by atoms with E-state index in [1.807, 2.05) is 13.8 Å². The number of hydrogen-bond acceptors (Lipinski definition) is 3. The topological polar surface area (TPSA) is 78.4 Å². The normalized spacial score (nSPS) is 24.6. The van der Waals surface area contributed by atoms with Crippen LogP contribution in [0.15, 0.2) is 0 Å². The average molecular weight is 242 g/mol. The Morgan fingerprint density at radius 2 is 1.94 bits per heavy atom. The highest BCUT2D eigenvalue weighted by atomic mass is 16.4. The summed E-state index contributed by atoms with van der Waals surface area (Å²) in [5.74, 6) is -1.34. The molecule has 5 nitrogen and oxygen atoms in total. The highest BCUT2D eigenvalue weighted by molar-refractivity contribution is 5.79. The van der Waals surface area contributed by atoms with E-state index in [9.17, 15) is 9.59 Å². The molecule has 1 rings (SSSR count). The van der Waals surface area contributed by atoms with Crippen molar-refractivity contribution in [3.63, 3.8) is 0 Å². The molecule has 17 heavy (non-hydrogen) atoms. The number of nitrogens with one attached hydrogen (secondary N) is 2. The molecule has 0 aromatic carbocycles. The Labute approximate surface area is 102 Å². The zero-order chi connectivity index (χ0) is 12.8. The molecule has 3 N–H and O–H groups in total. The minimum Gasteiger partial charge on any atom is -0.481 e. The van der Waals surface area contributed by atoms with E-state index in [-0.39, 0.29) is 24.5 Å². The molecule has 1 amide bonds. The van der Waals surface area contributed by atoms with E-state index in [1.54, 1.807) is 0 Å². The molecule has 0 aliphatic heterocycles. The maximum Gasteiger partial charge on any atom is 0.308 e. The molecule has 0 radical (unpaired) electrons. The highest BCUT2D eigenvalue weighted by Gasteiger charge is 2.31. The number of rotatable bonds is 5. The van der Waals surface area contributed by atoms with Crippen LogP contribution in [0.5, 0.6) is 0 Å². The quantitative estimate of drug-likeness (QED) is 0.664. The number of aliphatic carboxylic acids is 1. The fourth-order valence-corrected chi connectivity index (χ4v) is 2.15. The predicted molar refractivity (Wildman–Crippen MR) is 64.7 cm³/mol. The Kier molecular flexibility index (Phi) is 5.41. The second kappa shape index (κ2) is 6.59. The zero-order valence-electron chi connectivity index (χ0n) is 10.5. The Morgan fingerprint density at radius 3 is 2.53 bits per heavy atom. The van der Waals surface area contributed by atoms with Crippen LogP contribution in [-0.2, 0) is 9.59 Å². The number of carbonyl (C=O) groups is 2. The van der Waals surface area contributed by atoms with Crippen molar-refractivity contribution in [2.45, 2.75) is 51.6 Å². The van der Waals surface area contributed by atoms with Crippen molar-refractivity contribution in [2.75, 3.05) is 6.54 Å². The summed E-state index contributed by atoms with van der Waals surface area (Å²) in [4.78, 5) is 22.7. The fraction of sp³-hybridized carbons (Fsp3) is 0.833. The first-order valence-corrected chi connectivity index (χ1v) is 6.26. The molecule has 98 valence electrons. The van der Waals surface area contributed by atoms with E-state index in [4.69, 9.17) is 5.11 Å². The van der Waals surface area contributed by atoms with Crippen LogP contribution in [0.4, 0.5) is 0 Å². The molecule has 0 aromatic rings. The van der Waals surface area contributed by atoms with E-state index in [1.165, 1.54) is 0 Å². The van der Waals surface area contributed by atoms with E-state index in [0.717, 1.165) is 19.3 Å². The monoisotopic (exact) mass is 242 g/mol. The SMILES string of the molecule is CC(C)NCC(=O)NC1CCCCC1C(=O)O. The van der Waals surface area contributed by atoms with Crippen molar-refractivity contribution in [1.29, 1.82) is 0 Å². The summed E-state index contributed by atoms with van der Waals surface area (Å²) in [6, 6.07) is 0.0464. The van der Waals surface area contributed by atoms with Crippen LogP contribution in [0, 0.1) is 5.92 Å². The number of carbonyl (C=O) groups excluding carboxylic acids is 1. The lowest BCUT2D eigenvalue weighted by atomic mass is 9.84. The Morgan fingerprint density at radius 1 is 1.29 bits per heavy atom. The summed E-state index contributed by atoms with van der Waals surface area (Å²) in [5.41, 5.74) is 0. The van der Waals surface area contributed by atoms with Crippen LogP contribution in [0.2, 0.25) is 0 Å². The summed E-state index contributed by atoms with van der Waals surface area (Å²) in [6.07, 6.45) is 3.36. The molecule has 0 aromatic heterocycles. The molecule has 0 spiro atoms. The van der Waals surface area contributed by atoms with Crippen molar-refractivity contribution in [2.24, 2.45) is 5.92 Å². The molecule has 0 bridgehead atoms. The predicted octanol–water partition coefficient (Wildman–Crippen LogP) is 0.744.